The number of ether oxygens (including phenoxy) is 1. The zero-order valence-corrected chi connectivity index (χ0v) is 9.55. The summed E-state index contributed by atoms with van der Waals surface area (Å²) in [6, 6.07) is 3.80. The summed E-state index contributed by atoms with van der Waals surface area (Å²) in [5, 5.41) is 7.86. The van der Waals surface area contributed by atoms with Crippen molar-refractivity contribution >= 4 is 11.6 Å². The third-order valence-electron chi connectivity index (χ3n) is 2.10. The second-order valence-corrected chi connectivity index (χ2v) is 3.48. The molecule has 0 radical (unpaired) electrons. The predicted octanol–water partition coefficient (Wildman–Crippen LogP) is 1.47. The quantitative estimate of drug-likeness (QED) is 0.757. The van der Waals surface area contributed by atoms with Gasteiger partial charge in [-0.3, -0.25) is 0 Å². The van der Waals surface area contributed by atoms with E-state index in [0.29, 0.717) is 18.3 Å². The van der Waals surface area contributed by atoms with Gasteiger partial charge in [0.1, 0.15) is 0 Å². The number of alkyl halides is 1. The third-order valence-corrected chi connectivity index (χ3v) is 2.37. The molecule has 0 aromatic carbocycles. The van der Waals surface area contributed by atoms with Gasteiger partial charge < -0.3 is 4.74 Å². The van der Waals surface area contributed by atoms with Crippen molar-refractivity contribution in [1.29, 1.82) is 0 Å². The van der Waals surface area contributed by atoms with Gasteiger partial charge in [-0.25, -0.2) is 9.67 Å². The van der Waals surface area contributed by atoms with E-state index in [1.165, 1.54) is 0 Å². The molecule has 84 valence electrons. The Balaban J connectivity index is 2.19. The molecule has 2 aromatic rings. The summed E-state index contributed by atoms with van der Waals surface area (Å²) in [5.41, 5.74) is 1.71. The van der Waals surface area contributed by atoms with Crippen LogP contribution in [0.25, 0.3) is 0 Å². The first-order valence-electron chi connectivity index (χ1n) is 4.76. The molecular weight excluding hydrogens is 228 g/mol. The summed E-state index contributed by atoms with van der Waals surface area (Å²) < 4.78 is 6.86. The first-order valence-corrected chi connectivity index (χ1v) is 5.30. The Labute approximate surface area is 98.0 Å². The highest BCUT2D eigenvalue weighted by molar-refractivity contribution is 6.16. The van der Waals surface area contributed by atoms with Crippen molar-refractivity contribution in [3.05, 3.63) is 35.8 Å². The molecule has 0 fully saturated rings. The normalized spacial score (nSPS) is 10.4. The van der Waals surface area contributed by atoms with Crippen LogP contribution in [0.4, 0.5) is 0 Å². The number of nitrogens with zero attached hydrogens (tertiary/aromatic N) is 4. The number of methoxy groups -OCH3 is 1. The van der Waals surface area contributed by atoms with E-state index >= 15 is 0 Å². The van der Waals surface area contributed by atoms with Crippen LogP contribution in [0, 0.1) is 0 Å². The lowest BCUT2D eigenvalue weighted by atomic mass is 10.3. The molecule has 2 rings (SSSR count). The van der Waals surface area contributed by atoms with E-state index in [1.54, 1.807) is 24.2 Å². The molecule has 16 heavy (non-hydrogen) atoms. The lowest BCUT2D eigenvalue weighted by molar-refractivity contribution is 0.390. The lowest BCUT2D eigenvalue weighted by Gasteiger charge is -2.05. The average molecular weight is 239 g/mol. The van der Waals surface area contributed by atoms with Crippen LogP contribution in [0.15, 0.2) is 24.5 Å². The number of rotatable bonds is 4. The van der Waals surface area contributed by atoms with Crippen LogP contribution >= 0.6 is 11.6 Å². The maximum atomic E-state index is 5.65. The van der Waals surface area contributed by atoms with E-state index in [2.05, 4.69) is 15.3 Å². The second-order valence-electron chi connectivity index (χ2n) is 3.21. The van der Waals surface area contributed by atoms with Gasteiger partial charge in [0.05, 0.1) is 31.4 Å². The largest absolute Gasteiger partial charge is 0.481 e. The molecule has 0 spiro atoms. The van der Waals surface area contributed by atoms with Crippen molar-refractivity contribution < 1.29 is 4.74 Å². The van der Waals surface area contributed by atoms with Crippen LogP contribution in [-0.4, -0.2) is 27.1 Å². The zero-order valence-electron chi connectivity index (χ0n) is 8.80. The van der Waals surface area contributed by atoms with Crippen molar-refractivity contribution in [2.75, 3.05) is 7.11 Å². The molecule has 0 saturated carbocycles. The van der Waals surface area contributed by atoms with Crippen LogP contribution in [0.3, 0.4) is 0 Å². The van der Waals surface area contributed by atoms with Gasteiger partial charge in [0.15, 0.2) is 0 Å². The molecule has 0 atom stereocenters. The van der Waals surface area contributed by atoms with Gasteiger partial charge in [0, 0.05) is 11.8 Å². The monoisotopic (exact) mass is 238 g/mol. The Kier molecular flexibility index (Phi) is 3.36. The molecule has 0 N–H and O–H groups in total. The summed E-state index contributed by atoms with van der Waals surface area (Å²) in [7, 11) is 1.59. The van der Waals surface area contributed by atoms with E-state index < -0.39 is 0 Å². The minimum atomic E-state index is 0.365. The summed E-state index contributed by atoms with van der Waals surface area (Å²) in [6.07, 6.45) is 3.49. The van der Waals surface area contributed by atoms with Crippen molar-refractivity contribution in [3.8, 4) is 5.88 Å². The predicted molar refractivity (Wildman–Crippen MR) is 59.5 cm³/mol. The van der Waals surface area contributed by atoms with Gasteiger partial charge in [0.2, 0.25) is 5.88 Å². The fraction of sp³-hybridized carbons (Fsp3) is 0.300. The summed E-state index contributed by atoms with van der Waals surface area (Å²) in [6.45, 7) is 0.570. The van der Waals surface area contributed by atoms with Crippen molar-refractivity contribution in [1.82, 2.24) is 20.0 Å². The lowest BCUT2D eigenvalue weighted by Crippen LogP contribution is -2.03. The molecule has 0 aliphatic heterocycles. The first-order chi connectivity index (χ1) is 7.83. The molecular formula is C10H11ClN4O. The van der Waals surface area contributed by atoms with E-state index in [0.717, 1.165) is 11.3 Å². The first kappa shape index (κ1) is 10.9. The summed E-state index contributed by atoms with van der Waals surface area (Å²) in [4.78, 5) is 4.11. The van der Waals surface area contributed by atoms with Gasteiger partial charge >= 0.3 is 0 Å². The Morgan fingerprint density at radius 2 is 2.38 bits per heavy atom. The number of halogens is 1. The molecule has 2 aromatic heterocycles. The van der Waals surface area contributed by atoms with E-state index in [9.17, 15) is 0 Å². The maximum Gasteiger partial charge on any atom is 0.218 e. The molecule has 2 heterocycles. The van der Waals surface area contributed by atoms with E-state index in [4.69, 9.17) is 16.3 Å². The van der Waals surface area contributed by atoms with Crippen molar-refractivity contribution in [3.63, 3.8) is 0 Å². The minimum absolute atomic E-state index is 0.365. The van der Waals surface area contributed by atoms with Crippen molar-refractivity contribution in [2.24, 2.45) is 0 Å². The molecule has 0 amide bonds. The zero-order chi connectivity index (χ0) is 11.4. The van der Waals surface area contributed by atoms with Gasteiger partial charge in [-0.15, -0.1) is 16.7 Å². The minimum Gasteiger partial charge on any atom is -0.481 e. The van der Waals surface area contributed by atoms with Gasteiger partial charge in [-0.2, -0.15) is 0 Å². The Morgan fingerprint density at radius 1 is 1.50 bits per heavy atom. The number of hydrogen-bond acceptors (Lipinski definition) is 4. The van der Waals surface area contributed by atoms with E-state index in [1.807, 2.05) is 12.1 Å². The van der Waals surface area contributed by atoms with Gasteiger partial charge in [0.25, 0.3) is 0 Å². The average Bonchev–Trinajstić information content (AvgIpc) is 2.77. The number of pyridine rings is 1. The third kappa shape index (κ3) is 2.30. The highest BCUT2D eigenvalue weighted by atomic mass is 35.5. The Morgan fingerprint density at radius 3 is 3.06 bits per heavy atom. The van der Waals surface area contributed by atoms with Crippen LogP contribution in [-0.2, 0) is 12.4 Å². The highest BCUT2D eigenvalue weighted by Gasteiger charge is 2.05. The Hall–Kier alpha value is -1.62. The van der Waals surface area contributed by atoms with Crippen LogP contribution < -0.4 is 4.74 Å². The maximum absolute atomic E-state index is 5.65. The SMILES string of the molecule is COc1ncccc1Cn1cc(CCl)nn1. The molecule has 0 saturated heterocycles. The van der Waals surface area contributed by atoms with Crippen molar-refractivity contribution in [2.45, 2.75) is 12.4 Å². The molecule has 0 bridgehead atoms. The topological polar surface area (TPSA) is 52.8 Å². The molecule has 0 aliphatic carbocycles. The fourth-order valence-electron chi connectivity index (χ4n) is 1.38. The number of aromatic nitrogens is 4. The molecule has 0 unspecified atom stereocenters. The van der Waals surface area contributed by atoms with Crippen LogP contribution in [0.1, 0.15) is 11.3 Å². The van der Waals surface area contributed by atoms with Gasteiger partial charge in [-0.1, -0.05) is 11.3 Å². The standard InChI is InChI=1S/C10H11ClN4O/c1-16-10-8(3-2-4-12-10)6-15-7-9(5-11)13-14-15/h2-4,7H,5-6H2,1H3. The number of hydrogen-bond donors (Lipinski definition) is 0. The highest BCUT2D eigenvalue weighted by Crippen LogP contribution is 2.14. The second kappa shape index (κ2) is 4.94. The summed E-state index contributed by atoms with van der Waals surface area (Å²) >= 11 is 5.65. The Bertz CT molecular complexity index is 471. The van der Waals surface area contributed by atoms with Crippen LogP contribution in [0.5, 0.6) is 5.88 Å². The van der Waals surface area contributed by atoms with Crippen LogP contribution in [0.2, 0.25) is 0 Å². The summed E-state index contributed by atoms with van der Waals surface area (Å²) in [5.74, 6) is 0.967. The van der Waals surface area contributed by atoms with Gasteiger partial charge in [-0.05, 0) is 6.07 Å². The molecule has 6 heteroatoms. The smallest absolute Gasteiger partial charge is 0.218 e. The molecule has 0 aliphatic rings. The molecule has 5 nitrogen and oxygen atoms in total. The fourth-order valence-corrected chi connectivity index (χ4v) is 1.50. The van der Waals surface area contributed by atoms with E-state index in [-0.39, 0.29) is 0 Å².